The lowest BCUT2D eigenvalue weighted by molar-refractivity contribution is -0.153. The number of likely N-dealkylation sites (tertiary alicyclic amines) is 1. The van der Waals surface area contributed by atoms with Crippen LogP contribution in [0.1, 0.15) is 49.7 Å². The van der Waals surface area contributed by atoms with Gasteiger partial charge in [0.05, 0.1) is 11.1 Å². The standard InChI is InChI=1S/C23H32N2O4/c1-17-5-2-3-7-20(17)21-13-19(29-24-21)14-23(8-11-28-12-9-23)22(27)25-10-4-6-18(15-25)16-26/h2-3,5,7,18-19,26H,4,6,8-16H2,1H3/t18-,19-/m0/s1. The number of rotatable bonds is 5. The topological polar surface area (TPSA) is 71.4 Å². The summed E-state index contributed by atoms with van der Waals surface area (Å²) in [4.78, 5) is 21.4. The van der Waals surface area contributed by atoms with E-state index in [1.54, 1.807) is 0 Å². The number of hydrogen-bond donors (Lipinski definition) is 1. The van der Waals surface area contributed by atoms with Crippen molar-refractivity contribution in [2.24, 2.45) is 16.5 Å². The molecule has 0 spiro atoms. The molecule has 0 radical (unpaired) electrons. The van der Waals surface area contributed by atoms with Crippen molar-refractivity contribution >= 4 is 11.6 Å². The van der Waals surface area contributed by atoms with Crippen LogP contribution in [-0.2, 0) is 14.4 Å². The molecule has 2 fully saturated rings. The number of amides is 1. The Morgan fingerprint density at radius 3 is 2.86 bits per heavy atom. The van der Waals surface area contributed by atoms with Crippen LogP contribution in [0.4, 0.5) is 0 Å². The van der Waals surface area contributed by atoms with Crippen LogP contribution in [0.15, 0.2) is 29.4 Å². The van der Waals surface area contributed by atoms with Gasteiger partial charge in [0.25, 0.3) is 0 Å². The molecule has 1 N–H and O–H groups in total. The van der Waals surface area contributed by atoms with Gasteiger partial charge >= 0.3 is 0 Å². The van der Waals surface area contributed by atoms with Crippen LogP contribution in [0.2, 0.25) is 0 Å². The summed E-state index contributed by atoms with van der Waals surface area (Å²) in [5.41, 5.74) is 2.85. The number of oxime groups is 1. The Labute approximate surface area is 172 Å². The van der Waals surface area contributed by atoms with Gasteiger partial charge in [-0.3, -0.25) is 4.79 Å². The van der Waals surface area contributed by atoms with E-state index in [1.807, 2.05) is 17.0 Å². The number of aryl methyl sites for hydroxylation is 1. The van der Waals surface area contributed by atoms with E-state index in [-0.39, 0.29) is 24.5 Å². The van der Waals surface area contributed by atoms with Gasteiger partial charge in [0.2, 0.25) is 5.91 Å². The zero-order valence-electron chi connectivity index (χ0n) is 17.3. The SMILES string of the molecule is Cc1ccccc1C1=NO[C@H](CC2(C(=O)N3CCC[C@H](CO)C3)CCOCC2)C1. The molecule has 0 aliphatic carbocycles. The minimum atomic E-state index is -0.447. The highest BCUT2D eigenvalue weighted by atomic mass is 16.6. The monoisotopic (exact) mass is 400 g/mol. The molecule has 0 aromatic heterocycles. The normalized spacial score (nSPS) is 26.7. The van der Waals surface area contributed by atoms with Crippen LogP contribution >= 0.6 is 0 Å². The summed E-state index contributed by atoms with van der Waals surface area (Å²) in [6, 6.07) is 8.22. The first-order valence-electron chi connectivity index (χ1n) is 10.9. The van der Waals surface area contributed by atoms with Crippen molar-refractivity contribution < 1.29 is 19.5 Å². The summed E-state index contributed by atoms with van der Waals surface area (Å²) in [5, 5.41) is 13.9. The second-order valence-electron chi connectivity index (χ2n) is 8.82. The van der Waals surface area contributed by atoms with Crippen molar-refractivity contribution in [2.45, 2.75) is 51.6 Å². The first-order chi connectivity index (χ1) is 14.1. The predicted molar refractivity (Wildman–Crippen MR) is 111 cm³/mol. The number of aliphatic hydroxyl groups excluding tert-OH is 1. The number of ether oxygens (including phenoxy) is 1. The van der Waals surface area contributed by atoms with E-state index < -0.39 is 5.41 Å². The molecule has 29 heavy (non-hydrogen) atoms. The van der Waals surface area contributed by atoms with Crippen molar-refractivity contribution in [1.29, 1.82) is 0 Å². The Morgan fingerprint density at radius 2 is 2.10 bits per heavy atom. The lowest BCUT2D eigenvalue weighted by Gasteiger charge is -2.43. The van der Waals surface area contributed by atoms with Gasteiger partial charge in [-0.25, -0.2) is 0 Å². The van der Waals surface area contributed by atoms with E-state index in [0.717, 1.165) is 49.9 Å². The lowest BCUT2D eigenvalue weighted by atomic mass is 9.73. The Bertz CT molecular complexity index is 757. The maximum Gasteiger partial charge on any atom is 0.229 e. The van der Waals surface area contributed by atoms with Crippen LogP contribution in [0.5, 0.6) is 0 Å². The minimum Gasteiger partial charge on any atom is -0.396 e. The fourth-order valence-corrected chi connectivity index (χ4v) is 5.03. The van der Waals surface area contributed by atoms with E-state index in [2.05, 4.69) is 24.2 Å². The first-order valence-corrected chi connectivity index (χ1v) is 10.9. The lowest BCUT2D eigenvalue weighted by Crippen LogP contribution is -2.51. The molecule has 4 rings (SSSR count). The molecule has 0 saturated carbocycles. The Morgan fingerprint density at radius 1 is 1.31 bits per heavy atom. The molecule has 6 heteroatoms. The molecule has 3 aliphatic rings. The number of carbonyl (C=O) groups excluding carboxylic acids is 1. The number of nitrogens with zero attached hydrogens (tertiary/aromatic N) is 2. The molecule has 1 amide bonds. The number of carbonyl (C=O) groups is 1. The molecule has 1 aromatic rings. The minimum absolute atomic E-state index is 0.0786. The van der Waals surface area contributed by atoms with Crippen molar-refractivity contribution in [1.82, 2.24) is 4.90 Å². The Kier molecular flexibility index (Phi) is 6.20. The van der Waals surface area contributed by atoms with E-state index in [9.17, 15) is 9.90 Å². The van der Waals surface area contributed by atoms with E-state index >= 15 is 0 Å². The van der Waals surface area contributed by atoms with Crippen molar-refractivity contribution in [2.75, 3.05) is 32.9 Å². The molecule has 3 aliphatic heterocycles. The summed E-state index contributed by atoms with van der Waals surface area (Å²) in [7, 11) is 0. The van der Waals surface area contributed by atoms with Gasteiger partial charge in [-0.05, 0) is 44.1 Å². The van der Waals surface area contributed by atoms with E-state index in [0.29, 0.717) is 26.2 Å². The average molecular weight is 401 g/mol. The molecule has 158 valence electrons. The van der Waals surface area contributed by atoms with Crippen LogP contribution in [0, 0.1) is 18.3 Å². The molecule has 2 atom stereocenters. The highest BCUT2D eigenvalue weighted by Gasteiger charge is 2.46. The fourth-order valence-electron chi connectivity index (χ4n) is 5.03. The maximum atomic E-state index is 13.6. The summed E-state index contributed by atoms with van der Waals surface area (Å²) >= 11 is 0. The highest BCUT2D eigenvalue weighted by molar-refractivity contribution is 6.02. The maximum absolute atomic E-state index is 13.6. The van der Waals surface area contributed by atoms with E-state index in [4.69, 9.17) is 9.57 Å². The van der Waals surface area contributed by atoms with Gasteiger partial charge in [0, 0.05) is 51.3 Å². The van der Waals surface area contributed by atoms with Gasteiger partial charge in [-0.15, -0.1) is 0 Å². The molecule has 6 nitrogen and oxygen atoms in total. The molecule has 3 heterocycles. The smallest absolute Gasteiger partial charge is 0.229 e. The molecular weight excluding hydrogens is 368 g/mol. The number of piperidine rings is 1. The molecular formula is C23H32N2O4. The van der Waals surface area contributed by atoms with Gasteiger partial charge in [-0.1, -0.05) is 29.4 Å². The third-order valence-corrected chi connectivity index (χ3v) is 6.78. The van der Waals surface area contributed by atoms with Gasteiger partial charge < -0.3 is 19.6 Å². The predicted octanol–water partition coefficient (Wildman–Crippen LogP) is 2.91. The summed E-state index contributed by atoms with van der Waals surface area (Å²) in [5.74, 6) is 0.412. The number of benzene rings is 1. The van der Waals surface area contributed by atoms with Crippen LogP contribution in [0.25, 0.3) is 0 Å². The molecule has 0 bridgehead atoms. The van der Waals surface area contributed by atoms with Gasteiger partial charge in [-0.2, -0.15) is 0 Å². The first kappa shape index (κ1) is 20.4. The zero-order valence-corrected chi connectivity index (χ0v) is 17.3. The summed E-state index contributed by atoms with van der Waals surface area (Å²) < 4.78 is 5.60. The highest BCUT2D eigenvalue weighted by Crippen LogP contribution is 2.41. The van der Waals surface area contributed by atoms with Crippen molar-refractivity contribution in [3.05, 3.63) is 35.4 Å². The summed E-state index contributed by atoms with van der Waals surface area (Å²) in [6.07, 6.45) is 4.75. The fraction of sp³-hybridized carbons (Fsp3) is 0.652. The van der Waals surface area contributed by atoms with Gasteiger partial charge in [0.1, 0.15) is 6.10 Å². The van der Waals surface area contributed by atoms with Crippen LogP contribution < -0.4 is 0 Å². The zero-order chi connectivity index (χ0) is 20.3. The average Bonchev–Trinajstić information content (AvgIpc) is 3.22. The van der Waals surface area contributed by atoms with Crippen molar-refractivity contribution in [3.8, 4) is 0 Å². The largest absolute Gasteiger partial charge is 0.396 e. The van der Waals surface area contributed by atoms with Crippen LogP contribution in [0.3, 0.4) is 0 Å². The third kappa shape index (κ3) is 4.33. The number of aliphatic hydroxyl groups is 1. The second-order valence-corrected chi connectivity index (χ2v) is 8.82. The number of hydrogen-bond acceptors (Lipinski definition) is 5. The summed E-state index contributed by atoms with van der Waals surface area (Å²) in [6.45, 7) is 4.91. The molecule has 2 saturated heterocycles. The van der Waals surface area contributed by atoms with Crippen molar-refractivity contribution in [3.63, 3.8) is 0 Å². The Hall–Kier alpha value is -1.92. The van der Waals surface area contributed by atoms with E-state index in [1.165, 1.54) is 5.56 Å². The second kappa shape index (κ2) is 8.84. The van der Waals surface area contributed by atoms with Gasteiger partial charge in [0.15, 0.2) is 0 Å². The Balaban J connectivity index is 1.46. The molecule has 0 unspecified atom stereocenters. The molecule has 1 aromatic carbocycles. The van der Waals surface area contributed by atoms with Crippen LogP contribution in [-0.4, -0.2) is 60.6 Å². The third-order valence-electron chi connectivity index (χ3n) is 6.78. The quantitative estimate of drug-likeness (QED) is 0.825.